The Morgan fingerprint density at radius 1 is 1.10 bits per heavy atom. The molecule has 0 aliphatic rings. The lowest BCUT2D eigenvalue weighted by Gasteiger charge is -2.36. The molecule has 1 aromatic rings. The van der Waals surface area contributed by atoms with E-state index in [1.807, 2.05) is 26.8 Å². The van der Waals surface area contributed by atoms with Crippen LogP contribution in [0.2, 0.25) is 0 Å². The average molecular weight is 341 g/mol. The highest BCUT2D eigenvalue weighted by molar-refractivity contribution is 9.10. The van der Waals surface area contributed by atoms with E-state index in [0.29, 0.717) is 5.56 Å². The Bertz CT molecular complexity index is 488. The Balaban J connectivity index is 3.26. The summed E-state index contributed by atoms with van der Waals surface area (Å²) < 4.78 is 3.88. The van der Waals surface area contributed by atoms with Gasteiger partial charge in [-0.25, -0.2) is 0 Å². The van der Waals surface area contributed by atoms with E-state index >= 15 is 0 Å². The number of hydrogen-bond donors (Lipinski definition) is 0. The maximum absolute atomic E-state index is 12.8. The number of carbonyl (C=O) groups is 2. The third-order valence-electron chi connectivity index (χ3n) is 3.01. The number of carbonyl (C=O) groups excluding carboxylic acids is 2. The van der Waals surface area contributed by atoms with Crippen molar-refractivity contribution in [3.05, 3.63) is 35.9 Å². The molecule has 110 valence electrons. The van der Waals surface area contributed by atoms with E-state index in [9.17, 15) is 9.59 Å². The SMILES string of the molecule is CC(C)OC(=O)C(Br)(C(=O)c1ccccc1)C(C)(C)C. The van der Waals surface area contributed by atoms with Gasteiger partial charge < -0.3 is 4.74 Å². The molecular weight excluding hydrogens is 320 g/mol. The fraction of sp³-hybridized carbons (Fsp3) is 0.500. The fourth-order valence-corrected chi connectivity index (χ4v) is 2.15. The molecule has 0 spiro atoms. The van der Waals surface area contributed by atoms with E-state index in [0.717, 1.165) is 0 Å². The number of halogens is 1. The van der Waals surface area contributed by atoms with E-state index in [4.69, 9.17) is 4.74 Å². The molecule has 0 aliphatic heterocycles. The molecule has 3 nitrogen and oxygen atoms in total. The van der Waals surface area contributed by atoms with Gasteiger partial charge in [0.15, 0.2) is 10.1 Å². The molecule has 1 unspecified atom stereocenters. The molecule has 0 saturated heterocycles. The molecule has 4 heteroatoms. The lowest BCUT2D eigenvalue weighted by Crippen LogP contribution is -2.52. The van der Waals surface area contributed by atoms with Crippen LogP contribution in [0.4, 0.5) is 0 Å². The second-order valence-electron chi connectivity index (χ2n) is 6.06. The molecule has 0 saturated carbocycles. The van der Waals surface area contributed by atoms with Crippen molar-refractivity contribution in [1.82, 2.24) is 0 Å². The van der Waals surface area contributed by atoms with Crippen molar-refractivity contribution < 1.29 is 14.3 Å². The van der Waals surface area contributed by atoms with Crippen molar-refractivity contribution in [2.75, 3.05) is 0 Å². The smallest absolute Gasteiger partial charge is 0.331 e. The first-order valence-electron chi connectivity index (χ1n) is 6.60. The number of alkyl halides is 1. The highest BCUT2D eigenvalue weighted by Gasteiger charge is 2.54. The van der Waals surface area contributed by atoms with Gasteiger partial charge in [-0.05, 0) is 19.3 Å². The maximum Gasteiger partial charge on any atom is 0.331 e. The minimum atomic E-state index is -1.40. The molecule has 0 N–H and O–H groups in total. The van der Waals surface area contributed by atoms with Crippen molar-refractivity contribution in [2.24, 2.45) is 5.41 Å². The van der Waals surface area contributed by atoms with Crippen LogP contribution in [0.15, 0.2) is 30.3 Å². The number of Topliss-reactive ketones (excluding diaryl/α,β-unsaturated/α-hetero) is 1. The van der Waals surface area contributed by atoms with Crippen molar-refractivity contribution in [3.63, 3.8) is 0 Å². The van der Waals surface area contributed by atoms with Crippen LogP contribution in [0.25, 0.3) is 0 Å². The topological polar surface area (TPSA) is 43.4 Å². The summed E-state index contributed by atoms with van der Waals surface area (Å²) in [5, 5.41) is 0. The van der Waals surface area contributed by atoms with Gasteiger partial charge in [0.25, 0.3) is 0 Å². The summed E-state index contributed by atoms with van der Waals surface area (Å²) in [5.41, 5.74) is -0.133. The van der Waals surface area contributed by atoms with Gasteiger partial charge >= 0.3 is 5.97 Å². The maximum atomic E-state index is 12.8. The standard InChI is InChI=1S/C16H21BrO3/c1-11(2)20-14(19)16(17,15(3,4)5)13(18)12-9-7-6-8-10-12/h6-11H,1-5H3. The van der Waals surface area contributed by atoms with Gasteiger partial charge in [-0.1, -0.05) is 67.0 Å². The first-order valence-corrected chi connectivity index (χ1v) is 7.40. The van der Waals surface area contributed by atoms with Gasteiger partial charge in [0, 0.05) is 5.56 Å². The lowest BCUT2D eigenvalue weighted by molar-refractivity contribution is -0.151. The summed E-state index contributed by atoms with van der Waals surface area (Å²) in [4.78, 5) is 25.2. The van der Waals surface area contributed by atoms with Crippen LogP contribution in [0.3, 0.4) is 0 Å². The Morgan fingerprint density at radius 3 is 2.00 bits per heavy atom. The van der Waals surface area contributed by atoms with Crippen LogP contribution in [0.5, 0.6) is 0 Å². The van der Waals surface area contributed by atoms with Crippen LogP contribution < -0.4 is 0 Å². The molecule has 1 rings (SSSR count). The average Bonchev–Trinajstić information content (AvgIpc) is 2.35. The second-order valence-corrected chi connectivity index (χ2v) is 7.25. The van der Waals surface area contributed by atoms with E-state index < -0.39 is 15.7 Å². The monoisotopic (exact) mass is 340 g/mol. The Hall–Kier alpha value is -1.16. The second kappa shape index (κ2) is 6.08. The lowest BCUT2D eigenvalue weighted by atomic mass is 9.76. The Kier molecular flexibility index (Phi) is 5.14. The molecule has 0 heterocycles. The Labute approximate surface area is 128 Å². The minimum Gasteiger partial charge on any atom is -0.462 e. The predicted molar refractivity (Wildman–Crippen MR) is 83.1 cm³/mol. The van der Waals surface area contributed by atoms with E-state index in [-0.39, 0.29) is 11.9 Å². The molecule has 0 fully saturated rings. The van der Waals surface area contributed by atoms with Gasteiger partial charge in [0.05, 0.1) is 6.10 Å². The summed E-state index contributed by atoms with van der Waals surface area (Å²) in [5.74, 6) is -0.829. The summed E-state index contributed by atoms with van der Waals surface area (Å²) in [6.07, 6.45) is -0.273. The predicted octanol–water partition coefficient (Wildman–Crippen LogP) is 4.00. The zero-order chi connectivity index (χ0) is 15.6. The number of ketones is 1. The van der Waals surface area contributed by atoms with E-state index in [1.165, 1.54) is 0 Å². The summed E-state index contributed by atoms with van der Waals surface area (Å²) in [6, 6.07) is 8.78. The number of esters is 1. The normalized spacial score (nSPS) is 14.8. The van der Waals surface area contributed by atoms with Crippen LogP contribution in [0, 0.1) is 5.41 Å². The summed E-state index contributed by atoms with van der Waals surface area (Å²) in [7, 11) is 0. The number of hydrogen-bond acceptors (Lipinski definition) is 3. The number of ether oxygens (including phenoxy) is 1. The summed E-state index contributed by atoms with van der Waals surface area (Å²) in [6.45, 7) is 9.04. The molecule has 20 heavy (non-hydrogen) atoms. The van der Waals surface area contributed by atoms with Gasteiger partial charge in [-0.2, -0.15) is 0 Å². The van der Waals surface area contributed by atoms with Crippen molar-refractivity contribution >= 4 is 27.7 Å². The highest BCUT2D eigenvalue weighted by Crippen LogP contribution is 2.42. The molecule has 0 radical (unpaired) electrons. The van der Waals surface area contributed by atoms with Gasteiger partial charge in [0.2, 0.25) is 0 Å². The van der Waals surface area contributed by atoms with Crippen molar-refractivity contribution in [3.8, 4) is 0 Å². The Morgan fingerprint density at radius 2 is 1.60 bits per heavy atom. The number of benzene rings is 1. The number of rotatable bonds is 4. The van der Waals surface area contributed by atoms with Crippen LogP contribution in [0.1, 0.15) is 45.0 Å². The zero-order valence-corrected chi connectivity index (χ0v) is 14.2. The fourth-order valence-electron chi connectivity index (χ4n) is 1.82. The van der Waals surface area contributed by atoms with Gasteiger partial charge in [0.1, 0.15) is 0 Å². The minimum absolute atomic E-state index is 0.273. The van der Waals surface area contributed by atoms with Crippen LogP contribution in [-0.2, 0) is 9.53 Å². The largest absolute Gasteiger partial charge is 0.462 e. The van der Waals surface area contributed by atoms with Crippen molar-refractivity contribution in [1.29, 1.82) is 0 Å². The van der Waals surface area contributed by atoms with Gasteiger partial charge in [-0.15, -0.1) is 0 Å². The third kappa shape index (κ3) is 3.29. The molecule has 0 amide bonds. The summed E-state index contributed by atoms with van der Waals surface area (Å²) >= 11 is 3.38. The van der Waals surface area contributed by atoms with Gasteiger partial charge in [-0.3, -0.25) is 9.59 Å². The molecule has 0 bridgehead atoms. The molecule has 1 aromatic carbocycles. The van der Waals surface area contributed by atoms with E-state index in [1.54, 1.807) is 38.1 Å². The first kappa shape index (κ1) is 16.9. The van der Waals surface area contributed by atoms with Crippen LogP contribution >= 0.6 is 15.9 Å². The molecule has 0 aliphatic carbocycles. The van der Waals surface area contributed by atoms with Crippen molar-refractivity contribution in [2.45, 2.75) is 45.0 Å². The van der Waals surface area contributed by atoms with E-state index in [2.05, 4.69) is 15.9 Å². The molecular formula is C16H21BrO3. The van der Waals surface area contributed by atoms with Crippen LogP contribution in [-0.4, -0.2) is 22.2 Å². The highest BCUT2D eigenvalue weighted by atomic mass is 79.9. The molecule has 1 atom stereocenters. The zero-order valence-electron chi connectivity index (χ0n) is 12.6. The quantitative estimate of drug-likeness (QED) is 0.360. The third-order valence-corrected chi connectivity index (χ3v) is 4.88. The molecule has 0 aromatic heterocycles. The first-order chi connectivity index (χ1) is 9.10.